The molecule has 7 heteroatoms. The van der Waals surface area contributed by atoms with Crippen LogP contribution in [0.25, 0.3) is 0 Å². The minimum atomic E-state index is -3.47. The van der Waals surface area contributed by atoms with Crippen molar-refractivity contribution in [2.75, 3.05) is 19.6 Å². The van der Waals surface area contributed by atoms with Gasteiger partial charge in [0.15, 0.2) is 0 Å². The first-order chi connectivity index (χ1) is 8.55. The van der Waals surface area contributed by atoms with Crippen LogP contribution >= 0.6 is 0 Å². The summed E-state index contributed by atoms with van der Waals surface area (Å²) in [7, 11) is -3.47. The second-order valence-corrected chi connectivity index (χ2v) is 6.95. The number of rotatable bonds is 3. The molecule has 0 aliphatic carbocycles. The molecule has 2 unspecified atom stereocenters. The van der Waals surface area contributed by atoms with Gasteiger partial charge < -0.3 is 0 Å². The van der Waals surface area contributed by atoms with E-state index in [1.807, 2.05) is 0 Å². The molecule has 0 amide bonds. The Bertz CT molecular complexity index is 444. The maximum absolute atomic E-state index is 12.5. The Labute approximate surface area is 108 Å². The van der Waals surface area contributed by atoms with Crippen molar-refractivity contribution in [1.82, 2.24) is 8.61 Å². The Hall–Kier alpha value is -0.750. The fraction of sp³-hybridized carbons (Fsp3) is 0.909. The van der Waals surface area contributed by atoms with Crippen molar-refractivity contribution < 1.29 is 13.2 Å². The molecule has 0 radical (unpaired) electrons. The van der Waals surface area contributed by atoms with Crippen LogP contribution in [0.2, 0.25) is 0 Å². The molecule has 2 atom stereocenters. The van der Waals surface area contributed by atoms with Crippen LogP contribution in [0.15, 0.2) is 4.99 Å². The summed E-state index contributed by atoms with van der Waals surface area (Å²) < 4.78 is 27.8. The van der Waals surface area contributed by atoms with Crippen LogP contribution in [-0.2, 0) is 15.0 Å². The molecule has 0 bridgehead atoms. The Morgan fingerprint density at radius 1 is 1.22 bits per heavy atom. The third-order valence-corrected chi connectivity index (χ3v) is 5.62. The number of nitrogens with zero attached hydrogens (tertiary/aromatic N) is 3. The Balaban J connectivity index is 2.16. The molecule has 6 nitrogen and oxygen atoms in total. The predicted molar refractivity (Wildman–Crippen MR) is 66.7 cm³/mol. The Morgan fingerprint density at radius 2 is 1.94 bits per heavy atom. The van der Waals surface area contributed by atoms with Gasteiger partial charge in [0.1, 0.15) is 6.17 Å². The van der Waals surface area contributed by atoms with Gasteiger partial charge in [0, 0.05) is 19.6 Å². The molecular weight excluding hydrogens is 254 g/mol. The van der Waals surface area contributed by atoms with Gasteiger partial charge in [0.05, 0.1) is 0 Å². The lowest BCUT2D eigenvalue weighted by molar-refractivity contribution is 0.255. The molecule has 2 fully saturated rings. The predicted octanol–water partition coefficient (Wildman–Crippen LogP) is 0.721. The van der Waals surface area contributed by atoms with Gasteiger partial charge in [-0.1, -0.05) is 6.92 Å². The Morgan fingerprint density at radius 3 is 2.61 bits per heavy atom. The standard InChI is InChI=1S/C11H19N3O3S/c1-10-4-2-6-13(8-10)18(16,17)14-7-3-5-11(14)12-9-15/h10-11H,2-8H2,1H3. The van der Waals surface area contributed by atoms with Gasteiger partial charge in [0.25, 0.3) is 10.2 Å². The lowest BCUT2D eigenvalue weighted by Crippen LogP contribution is -2.48. The average molecular weight is 273 g/mol. The molecule has 0 spiro atoms. The van der Waals surface area contributed by atoms with Crippen molar-refractivity contribution in [2.45, 2.75) is 38.8 Å². The average Bonchev–Trinajstić information content (AvgIpc) is 2.78. The van der Waals surface area contributed by atoms with Crippen LogP contribution in [0, 0.1) is 5.92 Å². The van der Waals surface area contributed by atoms with Crippen LogP contribution in [-0.4, -0.2) is 48.9 Å². The molecule has 0 aromatic heterocycles. The second-order valence-electron chi connectivity index (χ2n) is 5.07. The van der Waals surface area contributed by atoms with Crippen molar-refractivity contribution in [3.8, 4) is 0 Å². The van der Waals surface area contributed by atoms with Crippen molar-refractivity contribution in [2.24, 2.45) is 10.9 Å². The minimum Gasteiger partial charge on any atom is -0.211 e. The lowest BCUT2D eigenvalue weighted by atomic mass is 10.0. The number of carbonyl (C=O) groups excluding carboxylic acids is 1. The normalized spacial score (nSPS) is 31.2. The molecule has 0 aromatic rings. The van der Waals surface area contributed by atoms with E-state index >= 15 is 0 Å². The van der Waals surface area contributed by atoms with Crippen LogP contribution in [0.1, 0.15) is 32.6 Å². The fourth-order valence-corrected chi connectivity index (χ4v) is 4.61. The van der Waals surface area contributed by atoms with Crippen LogP contribution < -0.4 is 0 Å². The van der Waals surface area contributed by atoms with E-state index in [-0.39, 0.29) is 0 Å². The lowest BCUT2D eigenvalue weighted by Gasteiger charge is -2.33. The number of hydrogen-bond donors (Lipinski definition) is 0. The summed E-state index contributed by atoms with van der Waals surface area (Å²) in [4.78, 5) is 13.9. The monoisotopic (exact) mass is 273 g/mol. The zero-order valence-electron chi connectivity index (χ0n) is 10.6. The quantitative estimate of drug-likeness (QED) is 0.562. The zero-order chi connectivity index (χ0) is 13.2. The summed E-state index contributed by atoms with van der Waals surface area (Å²) in [6, 6.07) is 0. The number of isocyanates is 1. The van der Waals surface area contributed by atoms with E-state index in [1.165, 1.54) is 14.7 Å². The number of hydrogen-bond acceptors (Lipinski definition) is 4. The maximum Gasteiger partial charge on any atom is 0.283 e. The van der Waals surface area contributed by atoms with Crippen LogP contribution in [0.3, 0.4) is 0 Å². The van der Waals surface area contributed by atoms with Crippen LogP contribution in [0.4, 0.5) is 0 Å². The SMILES string of the molecule is CC1CCCN(S(=O)(=O)N2CCCC2N=C=O)C1. The third-order valence-electron chi connectivity index (χ3n) is 3.62. The summed E-state index contributed by atoms with van der Waals surface area (Å²) >= 11 is 0. The highest BCUT2D eigenvalue weighted by molar-refractivity contribution is 7.86. The van der Waals surface area contributed by atoms with E-state index in [9.17, 15) is 13.2 Å². The van der Waals surface area contributed by atoms with E-state index < -0.39 is 16.4 Å². The van der Waals surface area contributed by atoms with Crippen molar-refractivity contribution in [3.05, 3.63) is 0 Å². The van der Waals surface area contributed by atoms with Gasteiger partial charge >= 0.3 is 0 Å². The summed E-state index contributed by atoms with van der Waals surface area (Å²) in [5.41, 5.74) is 0. The molecule has 0 saturated carbocycles. The van der Waals surface area contributed by atoms with E-state index in [2.05, 4.69) is 11.9 Å². The topological polar surface area (TPSA) is 70.1 Å². The van der Waals surface area contributed by atoms with E-state index in [0.717, 1.165) is 19.3 Å². The molecular formula is C11H19N3O3S. The van der Waals surface area contributed by atoms with Gasteiger partial charge in [-0.3, -0.25) is 0 Å². The van der Waals surface area contributed by atoms with Gasteiger partial charge in [-0.15, -0.1) is 0 Å². The first-order valence-electron chi connectivity index (χ1n) is 6.39. The van der Waals surface area contributed by atoms with Crippen molar-refractivity contribution in [1.29, 1.82) is 0 Å². The molecule has 2 saturated heterocycles. The van der Waals surface area contributed by atoms with E-state index in [1.54, 1.807) is 0 Å². The highest BCUT2D eigenvalue weighted by atomic mass is 32.2. The van der Waals surface area contributed by atoms with Gasteiger partial charge in [0.2, 0.25) is 6.08 Å². The smallest absolute Gasteiger partial charge is 0.211 e. The molecule has 2 aliphatic heterocycles. The van der Waals surface area contributed by atoms with Crippen molar-refractivity contribution in [3.63, 3.8) is 0 Å². The van der Waals surface area contributed by atoms with Crippen LogP contribution in [0.5, 0.6) is 0 Å². The van der Waals surface area contributed by atoms with Gasteiger partial charge in [-0.25, -0.2) is 4.79 Å². The van der Waals surface area contributed by atoms with Gasteiger partial charge in [-0.05, 0) is 31.6 Å². The number of piperidine rings is 1. The molecule has 2 aliphatic rings. The summed E-state index contributed by atoms with van der Waals surface area (Å²) in [5.74, 6) is 0.393. The van der Waals surface area contributed by atoms with E-state index in [0.29, 0.717) is 32.0 Å². The first-order valence-corrected chi connectivity index (χ1v) is 7.79. The molecule has 0 N–H and O–H groups in total. The summed E-state index contributed by atoms with van der Waals surface area (Å²) in [6.07, 6.45) is 4.25. The largest absolute Gasteiger partial charge is 0.283 e. The second kappa shape index (κ2) is 5.48. The highest BCUT2D eigenvalue weighted by Gasteiger charge is 2.39. The molecule has 2 rings (SSSR count). The molecule has 2 heterocycles. The number of aliphatic imine (C=N–C) groups is 1. The van der Waals surface area contributed by atoms with Crippen molar-refractivity contribution >= 4 is 16.3 Å². The molecule has 102 valence electrons. The Kier molecular flexibility index (Phi) is 4.17. The maximum atomic E-state index is 12.5. The first kappa shape index (κ1) is 13.7. The van der Waals surface area contributed by atoms with Gasteiger partial charge in [-0.2, -0.15) is 22.0 Å². The van der Waals surface area contributed by atoms with E-state index in [4.69, 9.17) is 0 Å². The summed E-state index contributed by atoms with van der Waals surface area (Å²) in [5, 5.41) is 0. The highest BCUT2D eigenvalue weighted by Crippen LogP contribution is 2.27. The molecule has 0 aromatic carbocycles. The molecule has 18 heavy (non-hydrogen) atoms. The zero-order valence-corrected chi connectivity index (χ0v) is 11.4. The fourth-order valence-electron chi connectivity index (χ4n) is 2.69. The summed E-state index contributed by atoms with van der Waals surface area (Å²) in [6.45, 7) is 3.65. The third kappa shape index (κ3) is 2.64. The minimum absolute atomic E-state index is 0.393.